The molecule has 29 heavy (non-hydrogen) atoms. The van der Waals surface area contributed by atoms with Gasteiger partial charge in [0, 0.05) is 37.5 Å². The maximum Gasteiger partial charge on any atom is 0.251 e. The Morgan fingerprint density at radius 1 is 1.10 bits per heavy atom. The molecule has 0 saturated heterocycles. The van der Waals surface area contributed by atoms with Gasteiger partial charge in [0.25, 0.3) is 5.91 Å². The lowest BCUT2D eigenvalue weighted by Crippen LogP contribution is -2.48. The van der Waals surface area contributed by atoms with Crippen molar-refractivity contribution in [1.29, 1.82) is 0 Å². The first-order chi connectivity index (χ1) is 13.2. The second-order valence-corrected chi connectivity index (χ2v) is 6.49. The highest BCUT2D eigenvalue weighted by molar-refractivity contribution is 5.97. The number of nitrogens with zero attached hydrogens (tertiary/aromatic N) is 1. The fourth-order valence-corrected chi connectivity index (χ4v) is 2.95. The predicted octanol–water partition coefficient (Wildman–Crippen LogP) is 2.30. The molecule has 0 radical (unpaired) electrons. The molecule has 1 aromatic carbocycles. The minimum Gasteiger partial charge on any atom is -0.351 e. The highest BCUT2D eigenvalue weighted by Gasteiger charge is 2.22. The van der Waals surface area contributed by atoms with Crippen LogP contribution in [0.15, 0.2) is 66.5 Å². The third-order valence-corrected chi connectivity index (χ3v) is 4.47. The molecule has 156 valence electrons. The van der Waals surface area contributed by atoms with Crippen molar-refractivity contribution >= 4 is 36.6 Å². The number of nitrogens with one attached hydrogen (secondary N) is 3. The van der Waals surface area contributed by atoms with Crippen LogP contribution in [-0.2, 0) is 11.2 Å². The molecule has 2 amide bonds. The molecule has 3 rings (SSSR count). The van der Waals surface area contributed by atoms with Gasteiger partial charge in [-0.2, -0.15) is 0 Å². The van der Waals surface area contributed by atoms with E-state index in [-0.39, 0.29) is 36.6 Å². The molecular weight excluding hydrogens is 411 g/mol. The van der Waals surface area contributed by atoms with E-state index >= 15 is 0 Å². The maximum absolute atomic E-state index is 12.8. The van der Waals surface area contributed by atoms with Crippen LogP contribution in [0.4, 0.5) is 0 Å². The molecule has 2 heterocycles. The van der Waals surface area contributed by atoms with Crippen LogP contribution in [0.5, 0.6) is 0 Å². The van der Waals surface area contributed by atoms with E-state index in [1.54, 1.807) is 36.7 Å². The summed E-state index contributed by atoms with van der Waals surface area (Å²) in [7, 11) is 0. The zero-order valence-electron chi connectivity index (χ0n) is 16.0. The topological polar surface area (TPSA) is 83.1 Å². The van der Waals surface area contributed by atoms with Crippen LogP contribution in [0.1, 0.15) is 22.3 Å². The average molecular weight is 437 g/mol. The van der Waals surface area contributed by atoms with Crippen LogP contribution in [0, 0.1) is 0 Å². The molecule has 0 spiro atoms. The van der Waals surface area contributed by atoms with Gasteiger partial charge in [0.1, 0.15) is 6.04 Å². The number of pyridine rings is 1. The van der Waals surface area contributed by atoms with E-state index in [4.69, 9.17) is 0 Å². The molecule has 1 aliphatic rings. The first kappa shape index (κ1) is 24.6. The fourth-order valence-electron chi connectivity index (χ4n) is 2.95. The highest BCUT2D eigenvalue weighted by atomic mass is 35.5. The van der Waals surface area contributed by atoms with E-state index in [0.29, 0.717) is 18.5 Å². The molecule has 8 heteroatoms. The maximum atomic E-state index is 12.8. The third kappa shape index (κ3) is 7.85. The summed E-state index contributed by atoms with van der Waals surface area (Å²) < 4.78 is 0. The van der Waals surface area contributed by atoms with Gasteiger partial charge in [0.2, 0.25) is 5.91 Å². The summed E-state index contributed by atoms with van der Waals surface area (Å²) in [5.41, 5.74) is 2.63. The first-order valence-electron chi connectivity index (χ1n) is 9.13. The predicted molar refractivity (Wildman–Crippen MR) is 119 cm³/mol. The second-order valence-electron chi connectivity index (χ2n) is 6.49. The van der Waals surface area contributed by atoms with Crippen molar-refractivity contribution < 1.29 is 9.59 Å². The number of amides is 2. The number of rotatable bonds is 7. The van der Waals surface area contributed by atoms with Crippen LogP contribution in [0.2, 0.25) is 0 Å². The normalized spacial score (nSPS) is 13.7. The molecule has 3 N–H and O–H groups in total. The molecule has 2 aromatic rings. The zero-order valence-corrected chi connectivity index (χ0v) is 17.6. The van der Waals surface area contributed by atoms with Crippen molar-refractivity contribution in [2.24, 2.45) is 0 Å². The van der Waals surface area contributed by atoms with Gasteiger partial charge in [-0.25, -0.2) is 0 Å². The Labute approximate surface area is 183 Å². The minimum atomic E-state index is -0.663. The largest absolute Gasteiger partial charge is 0.351 e. The number of aromatic nitrogens is 1. The van der Waals surface area contributed by atoms with Crippen molar-refractivity contribution in [2.45, 2.75) is 18.9 Å². The first-order valence-corrected chi connectivity index (χ1v) is 9.13. The van der Waals surface area contributed by atoms with Gasteiger partial charge in [0.05, 0.1) is 0 Å². The van der Waals surface area contributed by atoms with Crippen molar-refractivity contribution in [3.05, 3.63) is 77.6 Å². The number of benzene rings is 1. The van der Waals surface area contributed by atoms with Gasteiger partial charge in [-0.1, -0.05) is 35.9 Å². The molecule has 1 aliphatic heterocycles. The lowest BCUT2D eigenvalue weighted by atomic mass is 10.1. The summed E-state index contributed by atoms with van der Waals surface area (Å²) in [5, 5.41) is 9.07. The SMILES string of the molecule is Cl.Cl.O=C(NC(Cc1cccnc1)C(=O)NCC1=CCNCC1)c1ccccc1. The van der Waals surface area contributed by atoms with Gasteiger partial charge < -0.3 is 16.0 Å². The van der Waals surface area contributed by atoms with Gasteiger partial charge in [-0.3, -0.25) is 14.6 Å². The number of carbonyl (C=O) groups is 2. The van der Waals surface area contributed by atoms with E-state index in [1.807, 2.05) is 18.2 Å². The Hall–Kier alpha value is -2.41. The van der Waals surface area contributed by atoms with E-state index in [1.165, 1.54) is 5.57 Å². The monoisotopic (exact) mass is 436 g/mol. The minimum absolute atomic E-state index is 0. The molecule has 1 aromatic heterocycles. The second kappa shape index (κ2) is 12.9. The molecule has 1 unspecified atom stereocenters. The third-order valence-electron chi connectivity index (χ3n) is 4.47. The van der Waals surface area contributed by atoms with Crippen molar-refractivity contribution in [3.63, 3.8) is 0 Å². The Morgan fingerprint density at radius 2 is 1.90 bits per heavy atom. The van der Waals surface area contributed by atoms with Crippen molar-refractivity contribution in [2.75, 3.05) is 19.6 Å². The fraction of sp³-hybridized carbons (Fsp3) is 0.286. The Balaban J connectivity index is 0.00000210. The van der Waals surface area contributed by atoms with Gasteiger partial charge in [-0.15, -0.1) is 24.8 Å². The summed E-state index contributed by atoms with van der Waals surface area (Å²) in [6, 6.07) is 12.0. The standard InChI is InChI=1S/C21H24N4O2.2ClH/c26-20(18-6-2-1-3-7-18)25-19(13-17-5-4-10-23-14-17)21(27)24-15-16-8-11-22-12-9-16;;/h1-8,10,14,19,22H,9,11-13,15H2,(H,24,27)(H,25,26);2*1H. The number of hydrogen-bond acceptors (Lipinski definition) is 4. The van der Waals surface area contributed by atoms with Gasteiger partial charge in [-0.05, 0) is 36.7 Å². The molecular formula is C21H26Cl2N4O2. The summed E-state index contributed by atoms with van der Waals surface area (Å²) >= 11 is 0. The van der Waals surface area contributed by atoms with Crippen molar-refractivity contribution in [3.8, 4) is 0 Å². The van der Waals surface area contributed by atoms with Crippen LogP contribution in [0.3, 0.4) is 0 Å². The summed E-state index contributed by atoms with van der Waals surface area (Å²) in [5.74, 6) is -0.455. The van der Waals surface area contributed by atoms with E-state index in [0.717, 1.165) is 25.1 Å². The van der Waals surface area contributed by atoms with E-state index in [9.17, 15) is 9.59 Å². The zero-order chi connectivity index (χ0) is 18.9. The van der Waals surface area contributed by atoms with Gasteiger partial charge >= 0.3 is 0 Å². The Kier molecular flexibility index (Phi) is 11.0. The smallest absolute Gasteiger partial charge is 0.251 e. The number of halogens is 2. The van der Waals surface area contributed by atoms with E-state index < -0.39 is 6.04 Å². The van der Waals surface area contributed by atoms with E-state index in [2.05, 4.69) is 27.0 Å². The summed E-state index contributed by atoms with van der Waals surface area (Å²) in [6.07, 6.45) is 6.81. The van der Waals surface area contributed by atoms with Crippen LogP contribution in [-0.4, -0.2) is 42.5 Å². The molecule has 0 aliphatic carbocycles. The molecule has 0 bridgehead atoms. The molecule has 1 atom stereocenters. The number of hydrogen-bond donors (Lipinski definition) is 3. The lowest BCUT2D eigenvalue weighted by molar-refractivity contribution is -0.122. The van der Waals surface area contributed by atoms with Crippen LogP contribution < -0.4 is 16.0 Å². The average Bonchev–Trinajstić information content (AvgIpc) is 2.73. The molecule has 0 saturated carbocycles. The summed E-state index contributed by atoms with van der Waals surface area (Å²) in [4.78, 5) is 29.4. The Bertz CT molecular complexity index is 801. The Morgan fingerprint density at radius 3 is 2.55 bits per heavy atom. The summed E-state index contributed by atoms with van der Waals surface area (Å²) in [6.45, 7) is 2.26. The van der Waals surface area contributed by atoms with Crippen LogP contribution in [0.25, 0.3) is 0 Å². The quantitative estimate of drug-likeness (QED) is 0.581. The molecule has 6 nitrogen and oxygen atoms in total. The van der Waals surface area contributed by atoms with Crippen LogP contribution >= 0.6 is 24.8 Å². The van der Waals surface area contributed by atoms with Crippen molar-refractivity contribution in [1.82, 2.24) is 20.9 Å². The lowest BCUT2D eigenvalue weighted by Gasteiger charge is -2.20. The number of carbonyl (C=O) groups excluding carboxylic acids is 2. The highest BCUT2D eigenvalue weighted by Crippen LogP contribution is 2.06. The molecule has 0 fully saturated rings. The van der Waals surface area contributed by atoms with Gasteiger partial charge in [0.15, 0.2) is 0 Å².